The average Bonchev–Trinajstić information content (AvgIpc) is 2.10. The minimum Gasteiger partial charge on any atom is -0.395 e. The number of rotatable bonds is 3. The highest BCUT2D eigenvalue weighted by atomic mass is 16.5. The number of hydrogen-bond donors (Lipinski definition) is 3. The second kappa shape index (κ2) is 3.91. The SMILES string of the molecule is CN(CCO)C1=CC(=O)C=CC1(O)O. The van der Waals surface area contributed by atoms with Gasteiger partial charge in [-0.1, -0.05) is 0 Å². The van der Waals surface area contributed by atoms with Crippen LogP contribution in [0.25, 0.3) is 0 Å². The fourth-order valence-electron chi connectivity index (χ4n) is 1.23. The van der Waals surface area contributed by atoms with Crippen molar-refractivity contribution >= 4 is 5.78 Å². The van der Waals surface area contributed by atoms with Gasteiger partial charge in [0.05, 0.1) is 12.3 Å². The van der Waals surface area contributed by atoms with Gasteiger partial charge in [-0.25, -0.2) is 0 Å². The van der Waals surface area contributed by atoms with Crippen LogP contribution in [0.4, 0.5) is 0 Å². The lowest BCUT2D eigenvalue weighted by Crippen LogP contribution is -2.40. The molecule has 14 heavy (non-hydrogen) atoms. The highest BCUT2D eigenvalue weighted by Gasteiger charge is 2.31. The molecule has 0 bridgehead atoms. The molecule has 0 saturated heterocycles. The van der Waals surface area contributed by atoms with E-state index in [0.29, 0.717) is 0 Å². The number of carbonyl (C=O) groups is 1. The molecule has 0 aromatic carbocycles. The first-order chi connectivity index (χ1) is 6.47. The zero-order chi connectivity index (χ0) is 10.8. The maximum atomic E-state index is 11.0. The first kappa shape index (κ1) is 10.9. The third-order valence-corrected chi connectivity index (χ3v) is 1.98. The Morgan fingerprint density at radius 2 is 2.14 bits per heavy atom. The van der Waals surface area contributed by atoms with Gasteiger partial charge in [0.15, 0.2) is 5.78 Å². The molecule has 1 aliphatic carbocycles. The maximum Gasteiger partial charge on any atom is 0.225 e. The number of likely N-dealkylation sites (N-methyl/N-ethyl adjacent to an activating group) is 1. The molecule has 0 heterocycles. The van der Waals surface area contributed by atoms with Crippen molar-refractivity contribution in [1.82, 2.24) is 4.90 Å². The quantitative estimate of drug-likeness (QED) is 0.488. The molecule has 3 N–H and O–H groups in total. The molecule has 0 aliphatic heterocycles. The maximum absolute atomic E-state index is 11.0. The van der Waals surface area contributed by atoms with Crippen molar-refractivity contribution in [2.75, 3.05) is 20.2 Å². The molecule has 5 heteroatoms. The third kappa shape index (κ3) is 2.20. The Labute approximate surface area is 81.6 Å². The normalized spacial score (nSPS) is 19.4. The smallest absolute Gasteiger partial charge is 0.225 e. The molecule has 0 aromatic rings. The van der Waals surface area contributed by atoms with Crippen LogP contribution in [0.15, 0.2) is 23.9 Å². The fraction of sp³-hybridized carbons (Fsp3) is 0.444. The van der Waals surface area contributed by atoms with Crippen molar-refractivity contribution in [2.24, 2.45) is 0 Å². The van der Waals surface area contributed by atoms with Crippen LogP contribution in [0, 0.1) is 0 Å². The van der Waals surface area contributed by atoms with Gasteiger partial charge in [-0.2, -0.15) is 0 Å². The van der Waals surface area contributed by atoms with E-state index in [-0.39, 0.29) is 24.6 Å². The Kier molecular flexibility index (Phi) is 3.05. The molecule has 5 nitrogen and oxygen atoms in total. The van der Waals surface area contributed by atoms with Gasteiger partial charge in [0.2, 0.25) is 5.79 Å². The fourth-order valence-corrected chi connectivity index (χ4v) is 1.23. The first-order valence-corrected chi connectivity index (χ1v) is 4.19. The van der Waals surface area contributed by atoms with E-state index in [9.17, 15) is 15.0 Å². The van der Waals surface area contributed by atoms with Crippen molar-refractivity contribution in [2.45, 2.75) is 5.79 Å². The van der Waals surface area contributed by atoms with Gasteiger partial charge in [-0.3, -0.25) is 4.79 Å². The lowest BCUT2D eigenvalue weighted by Gasteiger charge is -2.31. The Balaban J connectivity index is 2.89. The van der Waals surface area contributed by atoms with Gasteiger partial charge >= 0.3 is 0 Å². The van der Waals surface area contributed by atoms with Gasteiger partial charge in [-0.05, 0) is 12.2 Å². The van der Waals surface area contributed by atoms with E-state index in [1.54, 1.807) is 7.05 Å². The number of allylic oxidation sites excluding steroid dienone is 2. The van der Waals surface area contributed by atoms with E-state index in [1.165, 1.54) is 4.90 Å². The van der Waals surface area contributed by atoms with Crippen molar-refractivity contribution in [3.05, 3.63) is 23.9 Å². The van der Waals surface area contributed by atoms with Crippen LogP contribution < -0.4 is 0 Å². The molecule has 0 atom stereocenters. The topological polar surface area (TPSA) is 81.0 Å². The van der Waals surface area contributed by atoms with Crippen LogP contribution in [-0.2, 0) is 4.79 Å². The molecule has 0 saturated carbocycles. The molecule has 0 unspecified atom stereocenters. The monoisotopic (exact) mass is 199 g/mol. The summed E-state index contributed by atoms with van der Waals surface area (Å²) in [4.78, 5) is 12.4. The summed E-state index contributed by atoms with van der Waals surface area (Å²) in [5.41, 5.74) is 0.0686. The average molecular weight is 199 g/mol. The Morgan fingerprint density at radius 1 is 1.50 bits per heavy atom. The summed E-state index contributed by atoms with van der Waals surface area (Å²) in [6.07, 6.45) is 3.24. The molecule has 1 rings (SSSR count). The summed E-state index contributed by atoms with van der Waals surface area (Å²) in [6, 6.07) is 0. The molecular formula is C9H13NO4. The molecule has 0 aromatic heterocycles. The van der Waals surface area contributed by atoms with E-state index in [2.05, 4.69) is 0 Å². The van der Waals surface area contributed by atoms with Gasteiger partial charge < -0.3 is 20.2 Å². The van der Waals surface area contributed by atoms with E-state index >= 15 is 0 Å². The first-order valence-electron chi connectivity index (χ1n) is 4.19. The van der Waals surface area contributed by atoms with Crippen molar-refractivity contribution in [1.29, 1.82) is 0 Å². The molecule has 0 spiro atoms. The number of aliphatic hydroxyl groups excluding tert-OH is 1. The predicted molar refractivity (Wildman–Crippen MR) is 49.1 cm³/mol. The van der Waals surface area contributed by atoms with Gasteiger partial charge in [0, 0.05) is 19.7 Å². The summed E-state index contributed by atoms with van der Waals surface area (Å²) in [6.45, 7) is 0.109. The van der Waals surface area contributed by atoms with Crippen molar-refractivity contribution in [3.8, 4) is 0 Å². The van der Waals surface area contributed by atoms with Crippen molar-refractivity contribution in [3.63, 3.8) is 0 Å². The van der Waals surface area contributed by atoms with Gasteiger partial charge in [-0.15, -0.1) is 0 Å². The highest BCUT2D eigenvalue weighted by Crippen LogP contribution is 2.21. The lowest BCUT2D eigenvalue weighted by molar-refractivity contribution is -0.117. The van der Waals surface area contributed by atoms with E-state index in [4.69, 9.17) is 5.11 Å². The van der Waals surface area contributed by atoms with Gasteiger partial charge in [0.25, 0.3) is 0 Å². The zero-order valence-electron chi connectivity index (χ0n) is 7.84. The number of carbonyl (C=O) groups excluding carboxylic acids is 1. The minimum atomic E-state index is -2.13. The van der Waals surface area contributed by atoms with Crippen LogP contribution in [0.3, 0.4) is 0 Å². The zero-order valence-corrected chi connectivity index (χ0v) is 7.84. The minimum absolute atomic E-state index is 0.0686. The van der Waals surface area contributed by atoms with Crippen LogP contribution in [0.2, 0.25) is 0 Å². The van der Waals surface area contributed by atoms with E-state index < -0.39 is 5.79 Å². The molecule has 78 valence electrons. The second-order valence-electron chi connectivity index (χ2n) is 3.14. The van der Waals surface area contributed by atoms with E-state index in [0.717, 1.165) is 18.2 Å². The number of nitrogens with zero attached hydrogens (tertiary/aromatic N) is 1. The largest absolute Gasteiger partial charge is 0.395 e. The number of aliphatic hydroxyl groups is 3. The summed E-state index contributed by atoms with van der Waals surface area (Å²) < 4.78 is 0. The molecular weight excluding hydrogens is 186 g/mol. The van der Waals surface area contributed by atoms with Crippen LogP contribution in [0.1, 0.15) is 0 Å². The molecule has 0 radical (unpaired) electrons. The Bertz CT molecular complexity index is 293. The Morgan fingerprint density at radius 3 is 2.71 bits per heavy atom. The summed E-state index contributed by atoms with van der Waals surface area (Å²) >= 11 is 0. The van der Waals surface area contributed by atoms with Crippen LogP contribution >= 0.6 is 0 Å². The third-order valence-electron chi connectivity index (χ3n) is 1.98. The van der Waals surface area contributed by atoms with Crippen molar-refractivity contribution < 1.29 is 20.1 Å². The predicted octanol–water partition coefficient (Wildman–Crippen LogP) is -1.39. The lowest BCUT2D eigenvalue weighted by atomic mass is 10.0. The summed E-state index contributed by atoms with van der Waals surface area (Å²) in [5.74, 6) is -2.43. The Hall–Kier alpha value is -1.17. The number of hydrogen-bond acceptors (Lipinski definition) is 5. The van der Waals surface area contributed by atoms with Gasteiger partial charge in [0.1, 0.15) is 0 Å². The molecule has 0 amide bonds. The standard InChI is InChI=1S/C9H13NO4/c1-10(4-5-11)8-6-7(12)2-3-9(8,13)14/h2-3,6,11,13-14H,4-5H2,1H3. The van der Waals surface area contributed by atoms with Crippen LogP contribution in [-0.4, -0.2) is 52.0 Å². The highest BCUT2D eigenvalue weighted by molar-refractivity contribution is 6.01. The summed E-state index contributed by atoms with van der Waals surface area (Å²) in [7, 11) is 1.57. The summed E-state index contributed by atoms with van der Waals surface area (Å²) in [5, 5.41) is 27.6. The number of ketones is 1. The van der Waals surface area contributed by atoms with Crippen LogP contribution in [0.5, 0.6) is 0 Å². The van der Waals surface area contributed by atoms with E-state index in [1.807, 2.05) is 0 Å². The molecule has 1 aliphatic rings. The second-order valence-corrected chi connectivity index (χ2v) is 3.14. The molecule has 0 fully saturated rings.